The Morgan fingerprint density at radius 2 is 1.03 bits per heavy atom. The number of benzene rings is 6. The second-order valence-electron chi connectivity index (χ2n) is 14.4. The van der Waals surface area contributed by atoms with Crippen molar-refractivity contribution >= 4 is 56.8 Å². The van der Waals surface area contributed by atoms with Crippen LogP contribution in [0.4, 0.5) is 5.69 Å². The minimum atomic E-state index is 0.575. The van der Waals surface area contributed by atoms with E-state index in [-0.39, 0.29) is 0 Å². The lowest BCUT2D eigenvalue weighted by Gasteiger charge is -2.12. The van der Waals surface area contributed by atoms with Gasteiger partial charge in [0.15, 0.2) is 17.5 Å². The first kappa shape index (κ1) is 35.4. The lowest BCUT2D eigenvalue weighted by atomic mass is 10.00. The second-order valence-corrected chi connectivity index (χ2v) is 14.4. The van der Waals surface area contributed by atoms with E-state index in [9.17, 15) is 0 Å². The molecule has 0 unspecified atom stereocenters. The largest absolute Gasteiger partial charge is 0.262 e. The maximum atomic E-state index is 5.13. The molecule has 0 amide bonds. The zero-order valence-corrected chi connectivity index (χ0v) is 32.2. The van der Waals surface area contributed by atoms with Gasteiger partial charge in [-0.3, -0.25) is 19.9 Å². The first-order valence-corrected chi connectivity index (χ1v) is 19.4. The summed E-state index contributed by atoms with van der Waals surface area (Å²) in [7, 11) is 0. The van der Waals surface area contributed by atoms with Crippen LogP contribution in [0.3, 0.4) is 0 Å². The fourth-order valence-electron chi connectivity index (χ4n) is 7.59. The van der Waals surface area contributed by atoms with E-state index in [2.05, 4.69) is 132 Å². The number of hydrogen-bond donors (Lipinski definition) is 0. The predicted octanol–water partition coefficient (Wildman–Crippen LogP) is 12.7. The molecule has 0 aliphatic rings. The van der Waals surface area contributed by atoms with Crippen LogP contribution in [0.2, 0.25) is 0 Å². The Morgan fingerprint density at radius 3 is 1.80 bits per heavy atom. The van der Waals surface area contributed by atoms with Crippen LogP contribution in [-0.4, -0.2) is 36.6 Å². The van der Waals surface area contributed by atoms with Crippen molar-refractivity contribution in [2.75, 3.05) is 0 Å². The molecule has 0 bridgehead atoms. The molecule has 278 valence electrons. The van der Waals surface area contributed by atoms with Crippen LogP contribution in [0.5, 0.6) is 0 Å². The topological polar surface area (TPSA) is 89.7 Å². The third-order valence-electron chi connectivity index (χ3n) is 10.6. The number of fused-ring (bicyclic) bond motifs is 4. The molecular formula is C52H35N7. The zero-order chi connectivity index (χ0) is 39.7. The van der Waals surface area contributed by atoms with E-state index in [1.165, 1.54) is 0 Å². The molecule has 10 aromatic rings. The number of pyridine rings is 3. The van der Waals surface area contributed by atoms with E-state index in [1.54, 1.807) is 6.20 Å². The summed E-state index contributed by atoms with van der Waals surface area (Å²) in [5.74, 6) is 1.74. The van der Waals surface area contributed by atoms with Crippen molar-refractivity contribution in [1.29, 1.82) is 0 Å². The van der Waals surface area contributed by atoms with Gasteiger partial charge in [0.25, 0.3) is 0 Å². The maximum Gasteiger partial charge on any atom is 0.164 e. The van der Waals surface area contributed by atoms with Crippen LogP contribution in [0.25, 0.3) is 101 Å². The van der Waals surface area contributed by atoms with E-state index >= 15 is 0 Å². The highest BCUT2D eigenvalue weighted by atomic mass is 15.0. The molecule has 0 aliphatic carbocycles. The molecule has 0 saturated heterocycles. The molecule has 59 heavy (non-hydrogen) atoms. The fraction of sp³-hybridized carbons (Fsp3) is 0.0192. The van der Waals surface area contributed by atoms with Gasteiger partial charge >= 0.3 is 0 Å². The highest BCUT2D eigenvalue weighted by Crippen LogP contribution is 2.34. The number of rotatable bonds is 8. The van der Waals surface area contributed by atoms with Crippen molar-refractivity contribution < 1.29 is 0 Å². The third-order valence-corrected chi connectivity index (χ3v) is 10.6. The van der Waals surface area contributed by atoms with E-state index in [4.69, 9.17) is 19.9 Å². The molecule has 7 heteroatoms. The Balaban J connectivity index is 1.06. The average molecular weight is 758 g/mol. The van der Waals surface area contributed by atoms with Crippen LogP contribution >= 0.6 is 0 Å². The van der Waals surface area contributed by atoms with Crippen molar-refractivity contribution in [2.45, 2.75) is 6.92 Å². The Hall–Kier alpha value is -8.03. The molecule has 0 fully saturated rings. The van der Waals surface area contributed by atoms with Gasteiger partial charge in [-0.1, -0.05) is 127 Å². The molecule has 0 N–H and O–H groups in total. The average Bonchev–Trinajstić information content (AvgIpc) is 3.31. The Labute approximate surface area is 341 Å². The third kappa shape index (κ3) is 6.91. The van der Waals surface area contributed by atoms with E-state index in [0.717, 1.165) is 94.0 Å². The van der Waals surface area contributed by atoms with Crippen molar-refractivity contribution in [3.63, 3.8) is 0 Å². The van der Waals surface area contributed by atoms with Crippen molar-refractivity contribution in [3.05, 3.63) is 187 Å². The molecule has 6 aromatic carbocycles. The first-order chi connectivity index (χ1) is 29.1. The number of hydrogen-bond acceptors (Lipinski definition) is 7. The van der Waals surface area contributed by atoms with Gasteiger partial charge in [-0.2, -0.15) is 0 Å². The minimum absolute atomic E-state index is 0.575. The lowest BCUT2D eigenvalue weighted by Crippen LogP contribution is -2.00. The van der Waals surface area contributed by atoms with Gasteiger partial charge in [0.05, 0.1) is 22.2 Å². The van der Waals surface area contributed by atoms with Gasteiger partial charge in [-0.25, -0.2) is 15.0 Å². The molecule has 0 radical (unpaired) electrons. The quantitative estimate of drug-likeness (QED) is 0.0871. The van der Waals surface area contributed by atoms with Crippen LogP contribution in [-0.2, 0) is 0 Å². The van der Waals surface area contributed by atoms with Crippen molar-refractivity contribution in [2.24, 2.45) is 4.99 Å². The maximum absolute atomic E-state index is 5.13. The van der Waals surface area contributed by atoms with Crippen LogP contribution in [0, 0.1) is 0 Å². The van der Waals surface area contributed by atoms with Gasteiger partial charge in [-0.15, -0.1) is 0 Å². The summed E-state index contributed by atoms with van der Waals surface area (Å²) >= 11 is 0. The molecule has 0 aliphatic heterocycles. The number of aliphatic imine (C=N–C) groups is 1. The summed E-state index contributed by atoms with van der Waals surface area (Å²) in [6.07, 6.45) is 7.64. The summed E-state index contributed by atoms with van der Waals surface area (Å²) in [4.78, 5) is 33.8. The van der Waals surface area contributed by atoms with Gasteiger partial charge in [0.1, 0.15) is 0 Å². The molecule has 0 atom stereocenters. The summed E-state index contributed by atoms with van der Waals surface area (Å²) in [6.45, 7) is 5.96. The van der Waals surface area contributed by atoms with Crippen molar-refractivity contribution in [1.82, 2.24) is 29.9 Å². The predicted molar refractivity (Wildman–Crippen MR) is 242 cm³/mol. The normalized spacial score (nSPS) is 11.6. The Bertz CT molecular complexity index is 3250. The molecular weight excluding hydrogens is 723 g/mol. The summed E-state index contributed by atoms with van der Waals surface area (Å²) in [5.41, 5.74) is 13.3. The highest BCUT2D eigenvalue weighted by molar-refractivity contribution is 6.03. The molecule has 4 heterocycles. The number of allylic oxidation sites excluding steroid dienone is 1. The minimum Gasteiger partial charge on any atom is -0.262 e. The molecule has 4 aromatic heterocycles. The summed E-state index contributed by atoms with van der Waals surface area (Å²) in [5, 5.41) is 3.12. The van der Waals surface area contributed by atoms with E-state index < -0.39 is 0 Å². The number of aromatic nitrogens is 6. The first-order valence-electron chi connectivity index (χ1n) is 19.4. The zero-order valence-electron chi connectivity index (χ0n) is 32.2. The van der Waals surface area contributed by atoms with Crippen molar-refractivity contribution in [3.8, 4) is 56.4 Å². The van der Waals surface area contributed by atoms with Crippen LogP contribution < -0.4 is 0 Å². The smallest absolute Gasteiger partial charge is 0.164 e. The van der Waals surface area contributed by atoms with E-state index in [0.29, 0.717) is 17.5 Å². The lowest BCUT2D eigenvalue weighted by molar-refractivity contribution is 1.07. The monoisotopic (exact) mass is 757 g/mol. The summed E-state index contributed by atoms with van der Waals surface area (Å²) in [6, 6.07) is 53.8. The van der Waals surface area contributed by atoms with E-state index in [1.807, 2.05) is 73.1 Å². The molecule has 10 rings (SSSR count). The SMILES string of the molecule is C=Nc1c(/C=C(\C)c2cccc(-c3nc(-c4ccc(-c5ccccc5)cc4)nc(-c4cccc(-c5cnc6c(ccc7cccnc76)c5)c4)n3)c2)ccc2cccnc12. The van der Waals surface area contributed by atoms with Gasteiger partial charge in [0, 0.05) is 62.6 Å². The second kappa shape index (κ2) is 15.1. The van der Waals surface area contributed by atoms with Gasteiger partial charge in [-0.05, 0) is 77.9 Å². The number of nitrogens with zero attached hydrogens (tertiary/aromatic N) is 7. The summed E-state index contributed by atoms with van der Waals surface area (Å²) < 4.78 is 0. The standard InChI is InChI=1S/C52H35N7/c1-33(28-41-24-20-36-16-8-26-54-47(36)46(41)53-2)39-12-6-14-43(29-39)51-57-50(38-22-18-35(19-23-38)34-10-4-3-5-11-34)58-52(59-51)44-15-7-13-40(30-44)45-31-42-25-21-37-17-9-27-55-48(37)49(42)56-32-45/h3-32H,2H2,1H3/b33-28+. The van der Waals surface area contributed by atoms with Crippen LogP contribution in [0.15, 0.2) is 181 Å². The van der Waals surface area contributed by atoms with Crippen LogP contribution in [0.1, 0.15) is 18.1 Å². The molecule has 0 spiro atoms. The molecule has 0 saturated carbocycles. The highest BCUT2D eigenvalue weighted by Gasteiger charge is 2.15. The Kier molecular flexibility index (Phi) is 9.08. The van der Waals surface area contributed by atoms with Gasteiger partial charge < -0.3 is 0 Å². The molecule has 7 nitrogen and oxygen atoms in total. The van der Waals surface area contributed by atoms with Gasteiger partial charge in [0.2, 0.25) is 0 Å². The Morgan fingerprint density at radius 1 is 0.458 bits per heavy atom. The fourth-order valence-corrected chi connectivity index (χ4v) is 7.59.